The van der Waals surface area contributed by atoms with Crippen LogP contribution in [0.25, 0.3) is 0 Å². The van der Waals surface area contributed by atoms with Crippen LogP contribution in [0.5, 0.6) is 0 Å². The highest BCUT2D eigenvalue weighted by Crippen LogP contribution is 2.27. The first-order valence-corrected chi connectivity index (χ1v) is 7.25. The van der Waals surface area contributed by atoms with Crippen molar-refractivity contribution < 1.29 is 9.53 Å². The minimum Gasteiger partial charge on any atom is -0.468 e. The zero-order valence-corrected chi connectivity index (χ0v) is 12.4. The molecule has 0 bridgehead atoms. The van der Waals surface area contributed by atoms with Crippen LogP contribution in [-0.2, 0) is 9.53 Å². The van der Waals surface area contributed by atoms with Gasteiger partial charge in [0.25, 0.3) is 0 Å². The summed E-state index contributed by atoms with van der Waals surface area (Å²) in [6, 6.07) is -0.0994. The number of hydrogen-bond acceptors (Lipinski definition) is 3. The van der Waals surface area contributed by atoms with Crippen molar-refractivity contribution in [3.05, 3.63) is 0 Å². The van der Waals surface area contributed by atoms with Gasteiger partial charge in [-0.15, -0.1) is 0 Å². The number of nitrogens with one attached hydrogen (secondary N) is 1. The van der Waals surface area contributed by atoms with Crippen molar-refractivity contribution >= 4 is 5.97 Å². The Balaban J connectivity index is 2.47. The van der Waals surface area contributed by atoms with Gasteiger partial charge in [0.05, 0.1) is 7.11 Å². The highest BCUT2D eigenvalue weighted by atomic mass is 16.5. The van der Waals surface area contributed by atoms with E-state index in [4.69, 9.17) is 4.74 Å². The molecular formula is C15H29NO2. The van der Waals surface area contributed by atoms with E-state index in [-0.39, 0.29) is 12.0 Å². The molecule has 0 aromatic rings. The number of methoxy groups -OCH3 is 1. The van der Waals surface area contributed by atoms with Crippen molar-refractivity contribution in [2.75, 3.05) is 13.7 Å². The van der Waals surface area contributed by atoms with Crippen LogP contribution in [-0.4, -0.2) is 25.7 Å². The van der Waals surface area contributed by atoms with Gasteiger partial charge in [-0.25, -0.2) is 0 Å². The van der Waals surface area contributed by atoms with Gasteiger partial charge >= 0.3 is 5.97 Å². The lowest BCUT2D eigenvalue weighted by Gasteiger charge is -2.30. The second-order valence-corrected chi connectivity index (χ2v) is 6.66. The van der Waals surface area contributed by atoms with Crippen LogP contribution in [0.15, 0.2) is 0 Å². The normalized spacial score (nSPS) is 19.6. The van der Waals surface area contributed by atoms with Crippen LogP contribution in [0.4, 0.5) is 0 Å². The number of rotatable bonds is 5. The van der Waals surface area contributed by atoms with Crippen LogP contribution < -0.4 is 5.32 Å². The van der Waals surface area contributed by atoms with Gasteiger partial charge in [-0.2, -0.15) is 0 Å². The molecule has 1 N–H and O–H groups in total. The SMILES string of the molecule is COC(=O)[C@@H](NCCC(C)(C)C)C1CCCCC1. The van der Waals surface area contributed by atoms with Crippen LogP contribution in [0, 0.1) is 11.3 Å². The Bertz CT molecular complexity index is 252. The largest absolute Gasteiger partial charge is 0.468 e. The van der Waals surface area contributed by atoms with E-state index in [0.29, 0.717) is 11.3 Å². The molecule has 3 nitrogen and oxygen atoms in total. The van der Waals surface area contributed by atoms with Crippen molar-refractivity contribution in [3.8, 4) is 0 Å². The first kappa shape index (κ1) is 15.5. The molecule has 0 saturated heterocycles. The zero-order chi connectivity index (χ0) is 13.6. The first-order chi connectivity index (χ1) is 8.44. The summed E-state index contributed by atoms with van der Waals surface area (Å²) in [4.78, 5) is 11.9. The Kier molecular flexibility index (Phi) is 6.13. The third-order valence-electron chi connectivity index (χ3n) is 3.82. The Hall–Kier alpha value is -0.570. The maximum absolute atomic E-state index is 11.9. The quantitative estimate of drug-likeness (QED) is 0.767. The van der Waals surface area contributed by atoms with E-state index in [1.165, 1.54) is 26.4 Å². The summed E-state index contributed by atoms with van der Waals surface area (Å²) >= 11 is 0. The molecule has 0 amide bonds. The van der Waals surface area contributed by atoms with Gasteiger partial charge in [0.2, 0.25) is 0 Å². The Morgan fingerprint density at radius 3 is 2.39 bits per heavy atom. The minimum absolute atomic E-state index is 0.0872. The van der Waals surface area contributed by atoms with Crippen molar-refractivity contribution in [2.45, 2.75) is 65.3 Å². The predicted octanol–water partition coefficient (Wildman–Crippen LogP) is 3.13. The first-order valence-electron chi connectivity index (χ1n) is 7.25. The van der Waals surface area contributed by atoms with Gasteiger partial charge in [0, 0.05) is 0 Å². The Morgan fingerprint density at radius 2 is 1.89 bits per heavy atom. The topological polar surface area (TPSA) is 38.3 Å². The third kappa shape index (κ3) is 5.38. The molecule has 106 valence electrons. The molecule has 0 radical (unpaired) electrons. The van der Waals surface area contributed by atoms with E-state index < -0.39 is 0 Å². The molecule has 1 rings (SSSR count). The molecule has 1 aliphatic rings. The Morgan fingerprint density at radius 1 is 1.28 bits per heavy atom. The fourth-order valence-corrected chi connectivity index (χ4v) is 2.64. The summed E-state index contributed by atoms with van der Waals surface area (Å²) in [6.45, 7) is 7.56. The van der Waals surface area contributed by atoms with E-state index in [9.17, 15) is 4.79 Å². The molecule has 1 fully saturated rings. The summed E-state index contributed by atoms with van der Waals surface area (Å²) in [5, 5.41) is 3.42. The fraction of sp³-hybridized carbons (Fsp3) is 0.933. The van der Waals surface area contributed by atoms with Gasteiger partial charge in [-0.3, -0.25) is 4.79 Å². The molecule has 0 unspecified atom stereocenters. The van der Waals surface area contributed by atoms with Gasteiger partial charge in [-0.05, 0) is 37.1 Å². The average Bonchev–Trinajstić information content (AvgIpc) is 2.33. The maximum atomic E-state index is 11.9. The van der Waals surface area contributed by atoms with Crippen LogP contribution >= 0.6 is 0 Å². The molecule has 1 aliphatic carbocycles. The molecular weight excluding hydrogens is 226 g/mol. The average molecular weight is 255 g/mol. The minimum atomic E-state index is -0.0994. The summed E-state index contributed by atoms with van der Waals surface area (Å²) in [7, 11) is 1.49. The lowest BCUT2D eigenvalue weighted by atomic mass is 9.83. The lowest BCUT2D eigenvalue weighted by Crippen LogP contribution is -2.45. The third-order valence-corrected chi connectivity index (χ3v) is 3.82. The van der Waals surface area contributed by atoms with E-state index in [2.05, 4.69) is 26.1 Å². The molecule has 1 saturated carbocycles. The number of esters is 1. The second kappa shape index (κ2) is 7.13. The summed E-state index contributed by atoms with van der Waals surface area (Å²) in [5.41, 5.74) is 0.306. The van der Waals surface area contributed by atoms with Gasteiger partial charge < -0.3 is 10.1 Å². The molecule has 0 aromatic heterocycles. The molecule has 0 aliphatic heterocycles. The van der Waals surface area contributed by atoms with Crippen LogP contribution in [0.2, 0.25) is 0 Å². The Labute approximate surface area is 112 Å². The van der Waals surface area contributed by atoms with Crippen molar-refractivity contribution in [1.29, 1.82) is 0 Å². The monoisotopic (exact) mass is 255 g/mol. The smallest absolute Gasteiger partial charge is 0.323 e. The second-order valence-electron chi connectivity index (χ2n) is 6.66. The number of hydrogen-bond donors (Lipinski definition) is 1. The molecule has 1 atom stereocenters. The van der Waals surface area contributed by atoms with E-state index in [1.807, 2.05) is 0 Å². The van der Waals surface area contributed by atoms with Gasteiger partial charge in [-0.1, -0.05) is 40.0 Å². The molecule has 0 aromatic carbocycles. The van der Waals surface area contributed by atoms with Crippen LogP contribution in [0.3, 0.4) is 0 Å². The summed E-state index contributed by atoms with van der Waals surface area (Å²) < 4.78 is 4.95. The van der Waals surface area contributed by atoms with Crippen molar-refractivity contribution in [1.82, 2.24) is 5.32 Å². The zero-order valence-electron chi connectivity index (χ0n) is 12.4. The summed E-state index contributed by atoms with van der Waals surface area (Å²) in [6.07, 6.45) is 7.20. The number of ether oxygens (including phenoxy) is 1. The molecule has 3 heteroatoms. The van der Waals surface area contributed by atoms with Crippen molar-refractivity contribution in [2.24, 2.45) is 11.3 Å². The van der Waals surface area contributed by atoms with Crippen molar-refractivity contribution in [3.63, 3.8) is 0 Å². The van der Waals surface area contributed by atoms with E-state index in [0.717, 1.165) is 25.8 Å². The molecule has 18 heavy (non-hydrogen) atoms. The molecule has 0 spiro atoms. The number of carbonyl (C=O) groups is 1. The van der Waals surface area contributed by atoms with Gasteiger partial charge in [0.1, 0.15) is 6.04 Å². The maximum Gasteiger partial charge on any atom is 0.323 e. The van der Waals surface area contributed by atoms with E-state index in [1.54, 1.807) is 0 Å². The predicted molar refractivity (Wildman–Crippen MR) is 74.5 cm³/mol. The molecule has 0 heterocycles. The standard InChI is InChI=1S/C15H29NO2/c1-15(2,3)10-11-16-13(14(17)18-4)12-8-6-5-7-9-12/h12-13,16H,5-11H2,1-4H3/t13-/m0/s1. The highest BCUT2D eigenvalue weighted by molar-refractivity contribution is 5.76. The summed E-state index contributed by atoms with van der Waals surface area (Å²) in [5.74, 6) is 0.377. The fourth-order valence-electron chi connectivity index (χ4n) is 2.64. The number of carbonyl (C=O) groups excluding carboxylic acids is 1. The van der Waals surface area contributed by atoms with Crippen LogP contribution in [0.1, 0.15) is 59.3 Å². The van der Waals surface area contributed by atoms with Gasteiger partial charge in [0.15, 0.2) is 0 Å². The lowest BCUT2D eigenvalue weighted by molar-refractivity contribution is -0.145. The highest BCUT2D eigenvalue weighted by Gasteiger charge is 2.30. The van der Waals surface area contributed by atoms with E-state index >= 15 is 0 Å².